The molecule has 2 N–H and O–H groups in total. The summed E-state index contributed by atoms with van der Waals surface area (Å²) in [6.07, 6.45) is 10.8. The van der Waals surface area contributed by atoms with Crippen LogP contribution in [0.5, 0.6) is 0 Å². The van der Waals surface area contributed by atoms with Gasteiger partial charge in [-0.15, -0.1) is 5.10 Å². The van der Waals surface area contributed by atoms with Crippen molar-refractivity contribution in [3.05, 3.63) is 47.8 Å². The largest absolute Gasteiger partial charge is 0.368 e. The van der Waals surface area contributed by atoms with Crippen molar-refractivity contribution in [2.24, 2.45) is 11.7 Å². The smallest absolute Gasteiger partial charge is 0.320 e. The summed E-state index contributed by atoms with van der Waals surface area (Å²) >= 11 is 0. The van der Waals surface area contributed by atoms with Gasteiger partial charge in [0, 0.05) is 13.1 Å². The van der Waals surface area contributed by atoms with Crippen LogP contribution < -0.4 is 5.73 Å². The van der Waals surface area contributed by atoms with E-state index in [0.29, 0.717) is 18.2 Å². The van der Waals surface area contributed by atoms with Gasteiger partial charge in [-0.25, -0.2) is 9.48 Å². The van der Waals surface area contributed by atoms with E-state index < -0.39 is 5.91 Å². The number of amides is 3. The molecule has 3 amide bonds. The molecule has 3 aliphatic rings. The van der Waals surface area contributed by atoms with Crippen molar-refractivity contribution in [2.75, 3.05) is 13.1 Å². The Morgan fingerprint density at radius 3 is 2.50 bits per heavy atom. The number of nitrogens with zero attached hydrogens (tertiary/aromatic N) is 5. The number of rotatable bonds is 8. The predicted octanol–water partition coefficient (Wildman–Crippen LogP) is 3.46. The minimum atomic E-state index is -0.459. The van der Waals surface area contributed by atoms with Gasteiger partial charge in [-0.2, -0.15) is 0 Å². The highest BCUT2D eigenvalue weighted by Crippen LogP contribution is 2.50. The summed E-state index contributed by atoms with van der Waals surface area (Å²) in [5.41, 5.74) is 7.49. The molecule has 1 saturated heterocycles. The topological polar surface area (TPSA) is 97.4 Å². The second kappa shape index (κ2) is 9.04. The highest BCUT2D eigenvalue weighted by Gasteiger charge is 2.54. The summed E-state index contributed by atoms with van der Waals surface area (Å²) in [7, 11) is 0. The van der Waals surface area contributed by atoms with Crippen LogP contribution in [-0.4, -0.2) is 55.4 Å². The Kier molecular flexibility index (Phi) is 6.08. The summed E-state index contributed by atoms with van der Waals surface area (Å²) in [5, 5.41) is 8.18. The van der Waals surface area contributed by atoms with Crippen molar-refractivity contribution < 1.29 is 9.59 Å². The lowest BCUT2D eigenvalue weighted by Gasteiger charge is -2.49. The molecule has 182 valence electrons. The SMILES string of the molecule is CCC1(c2ccccc2)CCC2(CC1)CN(Cc1cn(CC(N)=O)nn1)C(=O)N2CC1CCC1. The monoisotopic (exact) mass is 464 g/mol. The predicted molar refractivity (Wildman–Crippen MR) is 129 cm³/mol. The first-order valence-corrected chi connectivity index (χ1v) is 12.7. The molecule has 0 bridgehead atoms. The summed E-state index contributed by atoms with van der Waals surface area (Å²) in [6.45, 7) is 4.32. The van der Waals surface area contributed by atoms with Gasteiger partial charge in [0.25, 0.3) is 0 Å². The van der Waals surface area contributed by atoms with E-state index in [0.717, 1.165) is 45.2 Å². The van der Waals surface area contributed by atoms with E-state index in [9.17, 15) is 9.59 Å². The zero-order valence-electron chi connectivity index (χ0n) is 20.2. The van der Waals surface area contributed by atoms with Crippen LogP contribution in [0.25, 0.3) is 0 Å². The molecule has 8 nitrogen and oxygen atoms in total. The highest BCUT2D eigenvalue weighted by molar-refractivity contribution is 5.78. The molecule has 0 atom stereocenters. The lowest BCUT2D eigenvalue weighted by atomic mass is 9.62. The maximum absolute atomic E-state index is 13.7. The Balaban J connectivity index is 1.35. The number of aromatic nitrogens is 3. The van der Waals surface area contributed by atoms with E-state index in [4.69, 9.17) is 5.73 Å². The molecule has 0 radical (unpaired) electrons. The zero-order chi connectivity index (χ0) is 23.8. The van der Waals surface area contributed by atoms with E-state index in [1.807, 2.05) is 4.90 Å². The van der Waals surface area contributed by atoms with E-state index in [2.05, 4.69) is 52.5 Å². The second-order valence-corrected chi connectivity index (χ2v) is 10.6. The average Bonchev–Trinajstić information content (AvgIpc) is 3.34. The molecule has 1 aromatic heterocycles. The molecule has 1 aromatic carbocycles. The Labute approximate surface area is 201 Å². The molecule has 0 unspecified atom stereocenters. The molecule has 8 heteroatoms. The highest BCUT2D eigenvalue weighted by atomic mass is 16.2. The normalized spacial score (nSPS) is 27.4. The van der Waals surface area contributed by atoms with Crippen molar-refractivity contribution in [1.29, 1.82) is 0 Å². The van der Waals surface area contributed by atoms with Crippen LogP contribution in [0, 0.1) is 5.92 Å². The van der Waals surface area contributed by atoms with Gasteiger partial charge in [0.2, 0.25) is 5.91 Å². The van der Waals surface area contributed by atoms with Crippen LogP contribution in [-0.2, 0) is 23.3 Å². The third-order valence-electron chi connectivity index (χ3n) is 8.68. The van der Waals surface area contributed by atoms with Gasteiger partial charge in [0.05, 0.1) is 18.3 Å². The van der Waals surface area contributed by atoms with E-state index >= 15 is 0 Å². The third kappa shape index (κ3) is 4.18. The van der Waals surface area contributed by atoms with Crippen molar-refractivity contribution in [1.82, 2.24) is 24.8 Å². The van der Waals surface area contributed by atoms with Gasteiger partial charge in [0.15, 0.2) is 0 Å². The molecule has 1 aliphatic heterocycles. The van der Waals surface area contributed by atoms with E-state index in [-0.39, 0.29) is 23.5 Å². The van der Waals surface area contributed by atoms with Crippen LogP contribution >= 0.6 is 0 Å². The Morgan fingerprint density at radius 2 is 1.88 bits per heavy atom. The fourth-order valence-corrected chi connectivity index (χ4v) is 6.31. The summed E-state index contributed by atoms with van der Waals surface area (Å²) in [5.74, 6) is 0.170. The van der Waals surface area contributed by atoms with Gasteiger partial charge in [0.1, 0.15) is 12.2 Å². The number of primary amides is 1. The number of carbonyl (C=O) groups is 2. The van der Waals surface area contributed by atoms with Crippen LogP contribution in [0.1, 0.15) is 69.5 Å². The summed E-state index contributed by atoms with van der Waals surface area (Å²) in [4.78, 5) is 29.0. The van der Waals surface area contributed by atoms with Gasteiger partial charge < -0.3 is 15.5 Å². The number of carbonyl (C=O) groups excluding carboxylic acids is 2. The second-order valence-electron chi connectivity index (χ2n) is 10.6. The molecular weight excluding hydrogens is 428 g/mol. The summed E-state index contributed by atoms with van der Waals surface area (Å²) in [6, 6.07) is 11.0. The summed E-state index contributed by atoms with van der Waals surface area (Å²) < 4.78 is 1.44. The van der Waals surface area contributed by atoms with Crippen LogP contribution in [0.15, 0.2) is 36.5 Å². The quantitative estimate of drug-likeness (QED) is 0.647. The minimum absolute atomic E-state index is 0.00270. The van der Waals surface area contributed by atoms with Gasteiger partial charge >= 0.3 is 6.03 Å². The van der Waals surface area contributed by atoms with Gasteiger partial charge in [-0.1, -0.05) is 48.9 Å². The maximum Gasteiger partial charge on any atom is 0.320 e. The van der Waals surface area contributed by atoms with E-state index in [1.54, 1.807) is 6.20 Å². The van der Waals surface area contributed by atoms with Gasteiger partial charge in [-0.3, -0.25) is 4.79 Å². The average molecular weight is 465 g/mol. The van der Waals surface area contributed by atoms with Crippen LogP contribution in [0.3, 0.4) is 0 Å². The molecule has 34 heavy (non-hydrogen) atoms. The molecule has 2 heterocycles. The molecule has 2 saturated carbocycles. The number of hydrogen-bond donors (Lipinski definition) is 1. The number of hydrogen-bond acceptors (Lipinski definition) is 4. The molecular formula is C26H36N6O2. The molecule has 1 spiro atoms. The van der Waals surface area contributed by atoms with Crippen molar-refractivity contribution in [3.8, 4) is 0 Å². The van der Waals surface area contributed by atoms with Gasteiger partial charge in [-0.05, 0) is 61.8 Å². The first-order chi connectivity index (χ1) is 16.4. The maximum atomic E-state index is 13.7. The standard InChI is InChI=1S/C26H36N6O2/c1-2-25(21-9-4-3-5-10-21)11-13-26(14-12-25)19-30(24(34)32(26)15-20-7-6-8-20)16-22-17-31(29-28-22)18-23(27)33/h3-5,9-10,17,20H,2,6-8,11-16,18-19H2,1H3,(H2,27,33). The fraction of sp³-hybridized carbons (Fsp3) is 0.615. The van der Waals surface area contributed by atoms with Crippen LogP contribution in [0.2, 0.25) is 0 Å². The first-order valence-electron chi connectivity index (χ1n) is 12.7. The van der Waals surface area contributed by atoms with E-state index in [1.165, 1.54) is 29.5 Å². The van der Waals surface area contributed by atoms with Crippen LogP contribution in [0.4, 0.5) is 4.79 Å². The lowest BCUT2D eigenvalue weighted by molar-refractivity contribution is -0.118. The molecule has 3 fully saturated rings. The minimum Gasteiger partial charge on any atom is -0.368 e. The third-order valence-corrected chi connectivity index (χ3v) is 8.68. The Morgan fingerprint density at radius 1 is 1.15 bits per heavy atom. The van der Waals surface area contributed by atoms with Crippen molar-refractivity contribution >= 4 is 11.9 Å². The fourth-order valence-electron chi connectivity index (χ4n) is 6.31. The lowest BCUT2D eigenvalue weighted by Crippen LogP contribution is -2.53. The Bertz CT molecular complexity index is 1020. The zero-order valence-corrected chi connectivity index (χ0v) is 20.2. The molecule has 2 aromatic rings. The first kappa shape index (κ1) is 22.9. The number of nitrogens with two attached hydrogens (primary N) is 1. The number of benzene rings is 1. The molecule has 5 rings (SSSR count). The van der Waals surface area contributed by atoms with Crippen molar-refractivity contribution in [3.63, 3.8) is 0 Å². The molecule has 2 aliphatic carbocycles. The number of urea groups is 1. The Hall–Kier alpha value is -2.90. The van der Waals surface area contributed by atoms with Crippen molar-refractivity contribution in [2.45, 2.75) is 82.3 Å².